The molecule has 0 saturated carbocycles. The molecule has 52 heteroatoms. The van der Waals surface area contributed by atoms with E-state index in [1.54, 1.807) is 72.0 Å². The second kappa shape index (κ2) is 56.8. The van der Waals surface area contributed by atoms with E-state index in [-0.39, 0.29) is 108 Å². The lowest BCUT2D eigenvalue weighted by Gasteiger charge is -2.34. The van der Waals surface area contributed by atoms with E-state index >= 15 is 0 Å². The van der Waals surface area contributed by atoms with Crippen molar-refractivity contribution in [3.05, 3.63) is 54.2 Å². The van der Waals surface area contributed by atoms with Gasteiger partial charge in [-0.05, 0) is 132 Å². The number of thiol groups is 1. The van der Waals surface area contributed by atoms with Crippen LogP contribution in [0.15, 0.2) is 43.0 Å². The zero-order valence-electron chi connectivity index (χ0n) is 79.2. The summed E-state index contributed by atoms with van der Waals surface area (Å²) in [4.78, 5) is 315. The molecular formula is C87H134N28O22S2. The number of para-hydroxylation sites is 1. The third kappa shape index (κ3) is 37.6. The Bertz CT molecular complexity index is 4880. The van der Waals surface area contributed by atoms with Gasteiger partial charge in [0.05, 0.1) is 44.7 Å². The Labute approximate surface area is 812 Å². The lowest BCUT2D eigenvalue weighted by atomic mass is 10.0. The predicted molar refractivity (Wildman–Crippen MR) is 507 cm³/mol. The number of nitrogens with zero attached hydrogens (tertiary/aromatic N) is 4. The van der Waals surface area contributed by atoms with Crippen molar-refractivity contribution >= 4 is 171 Å². The van der Waals surface area contributed by atoms with E-state index in [1.165, 1.54) is 45.9 Å². The number of guanidine groups is 1. The van der Waals surface area contributed by atoms with Gasteiger partial charge in [-0.2, -0.15) is 24.4 Å². The van der Waals surface area contributed by atoms with Gasteiger partial charge in [0.1, 0.15) is 84.6 Å². The molecule has 6 rings (SSSR count). The number of fused-ring (bicyclic) bond motifs is 1. The van der Waals surface area contributed by atoms with Crippen LogP contribution in [0.4, 0.5) is 0 Å². The first-order valence-corrected chi connectivity index (χ1v) is 48.0. The van der Waals surface area contributed by atoms with Gasteiger partial charge >= 0.3 is 0 Å². The largest absolute Gasteiger partial charge is 0.370 e. The maximum atomic E-state index is 14.7. The Morgan fingerprint density at radius 3 is 1.49 bits per heavy atom. The van der Waals surface area contributed by atoms with Gasteiger partial charge in [-0.3, -0.25) is 111 Å². The molecule has 3 aliphatic rings. The van der Waals surface area contributed by atoms with Crippen molar-refractivity contribution < 1.29 is 105 Å². The van der Waals surface area contributed by atoms with Crippen LogP contribution in [0.3, 0.4) is 0 Å². The van der Waals surface area contributed by atoms with Crippen LogP contribution in [0.25, 0.3) is 10.9 Å². The van der Waals surface area contributed by atoms with E-state index in [1.807, 2.05) is 6.26 Å². The molecule has 50 nitrogen and oxygen atoms in total. The SMILES string of the molecule is CSCC[C@H](NC(=O)[C@H](CC(C)C)NC(=O)[C@H](Cc1cnc[nH]1)NC(=O)CNC(=O)[C@@H](NC(=O)[C@H](C)NC(=O)[C@H](Cc1c[nH]c2ccccc12)NC(=O)[C@H](CCC(N)=O)NC(=O)[C@H](CC(N)=O)NC(=O)CNC(=O)[C@H](CC(C)C)NC(=O)[C@H](CCCNC(=N)N)NC(=O)[C@H](CCC(N)=O)NC(=O)[C@@H]1CCCN1C(=O)[C@@H]1CCCN1C(=O)[C@@H]1CCCN1C(=O)CNC(=O)CNC(=O)CS)C(C)C)C(N)=O. The van der Waals surface area contributed by atoms with Crippen LogP contribution < -0.4 is 114 Å². The summed E-state index contributed by atoms with van der Waals surface area (Å²) in [6.45, 7) is 9.12. The number of H-pyrrole nitrogens is 2. The average Bonchev–Trinajstić information content (AvgIpc) is 1.63. The Hall–Kier alpha value is -13.7. The number of benzene rings is 1. The van der Waals surface area contributed by atoms with Gasteiger partial charge in [0.25, 0.3) is 0 Å². The molecule has 139 heavy (non-hydrogen) atoms. The minimum atomic E-state index is -1.94. The third-order valence-electron chi connectivity index (χ3n) is 23.0. The van der Waals surface area contributed by atoms with E-state index in [0.717, 1.165) is 0 Å². The Morgan fingerprint density at radius 2 is 0.942 bits per heavy atom. The quantitative estimate of drug-likeness (QED) is 0.0108. The number of thioether (sulfide) groups is 1. The molecule has 22 amide bonds. The van der Waals surface area contributed by atoms with E-state index in [2.05, 4.69) is 113 Å². The van der Waals surface area contributed by atoms with Crippen molar-refractivity contribution in [2.45, 2.75) is 249 Å². The number of aromatic amines is 2. The number of primary amides is 4. The molecule has 14 atom stereocenters. The molecule has 766 valence electrons. The highest BCUT2D eigenvalue weighted by molar-refractivity contribution is 7.98. The number of nitrogens with two attached hydrogens (primary N) is 5. The first-order valence-electron chi connectivity index (χ1n) is 46.0. The van der Waals surface area contributed by atoms with Crippen LogP contribution in [0.5, 0.6) is 0 Å². The molecule has 0 spiro atoms. The number of carbonyl (C=O) groups is 22. The summed E-state index contributed by atoms with van der Waals surface area (Å²) in [5, 5.41) is 48.4. The van der Waals surface area contributed by atoms with Crippen LogP contribution in [-0.2, 0) is 118 Å². The molecule has 0 bridgehead atoms. The molecule has 3 aliphatic heterocycles. The number of carbonyl (C=O) groups excluding carboxylic acids is 22. The fourth-order valence-corrected chi connectivity index (χ4v) is 16.4. The molecule has 29 N–H and O–H groups in total. The first kappa shape index (κ1) is 114. The van der Waals surface area contributed by atoms with Crippen LogP contribution in [0.1, 0.15) is 162 Å². The van der Waals surface area contributed by atoms with Gasteiger partial charge in [0, 0.05) is 80.9 Å². The molecule has 0 aliphatic carbocycles. The summed E-state index contributed by atoms with van der Waals surface area (Å²) in [5.41, 5.74) is 29.2. The fourth-order valence-electron chi connectivity index (χ4n) is 15.8. The number of aromatic nitrogens is 3. The highest BCUT2D eigenvalue weighted by atomic mass is 32.2. The highest BCUT2D eigenvalue weighted by Crippen LogP contribution is 2.30. The summed E-state index contributed by atoms with van der Waals surface area (Å²) < 4.78 is 0. The molecule has 1 aromatic carbocycles. The summed E-state index contributed by atoms with van der Waals surface area (Å²) in [7, 11) is 0. The van der Waals surface area contributed by atoms with Crippen molar-refractivity contribution in [1.82, 2.24) is 115 Å². The van der Waals surface area contributed by atoms with E-state index in [9.17, 15) is 105 Å². The van der Waals surface area contributed by atoms with Crippen molar-refractivity contribution in [2.75, 3.05) is 70.1 Å². The Morgan fingerprint density at radius 1 is 0.468 bits per heavy atom. The first-order chi connectivity index (χ1) is 65.8. The minimum absolute atomic E-state index is 0.0197. The van der Waals surface area contributed by atoms with Crippen LogP contribution in [0, 0.1) is 23.2 Å². The predicted octanol–water partition coefficient (Wildman–Crippen LogP) is -7.95. The summed E-state index contributed by atoms with van der Waals surface area (Å²) in [6, 6.07) is -12.9. The standard InChI is InChI=1S/C87H134N28O22S2/c1-44(2)31-56(109-76(127)53(17-11-26-95-87(92)93)106-77(128)55(22-24-65(89)117)108-83(134)61-18-12-28-114(61)86(137)63-20-14-29-115(63)85(136)62-19-13-27-113(62)71(123)41-98-67(119)38-97-70(122)42-138)75(126)99-39-68(120)104-60(35-66(90)118)82(133)107-54(21-23-64(88)116)78(129)111-58(33-48-36-96-51-16-10-9-15-50(48)51)79(130)102-47(7)74(125)112-72(46(5)6)84(135)100-40-69(121)103-59(34-49-37-94-43-101-49)81(132)110-57(32-45(3)4)80(131)105-52(73(91)124)25-30-139-8/h9-10,15-16,36-37,43-47,52-63,72,96,138H,11-14,17-35,38-42H2,1-8H3,(H2,88,116)(H2,89,117)(H2,90,118)(H2,91,124)(H,94,101)(H,97,122)(H,98,119)(H,99,126)(H,100,135)(H,102,130)(H,103,121)(H,104,120)(H,105,131)(H,106,128)(H,107,133)(H,108,134)(H,109,127)(H,110,132)(H,111,129)(H,112,125)(H4,92,93,95)/t47-,52-,53-,54-,55-,56-,57-,58-,59-,60-,61-,62-,63-,72-/m0/s1. The average molecular weight is 1990 g/mol. The summed E-state index contributed by atoms with van der Waals surface area (Å²) in [5.74, 6) is -20.6. The van der Waals surface area contributed by atoms with Gasteiger partial charge in [0.15, 0.2) is 5.96 Å². The summed E-state index contributed by atoms with van der Waals surface area (Å²) in [6.07, 6.45) is 4.29. The second-order valence-corrected chi connectivity index (χ2v) is 36.7. The summed E-state index contributed by atoms with van der Waals surface area (Å²) >= 11 is 5.28. The number of amides is 22. The van der Waals surface area contributed by atoms with Crippen molar-refractivity contribution in [3.63, 3.8) is 0 Å². The van der Waals surface area contributed by atoms with Gasteiger partial charge in [-0.1, -0.05) is 59.7 Å². The molecule has 0 radical (unpaired) electrons. The number of nitrogens with one attached hydrogen (secondary N) is 19. The highest BCUT2D eigenvalue weighted by Gasteiger charge is 2.47. The van der Waals surface area contributed by atoms with Gasteiger partial charge in [0.2, 0.25) is 130 Å². The van der Waals surface area contributed by atoms with E-state index < -0.39 is 285 Å². The smallest absolute Gasteiger partial charge is 0.246 e. The monoisotopic (exact) mass is 1990 g/mol. The number of rotatable bonds is 58. The topological polar surface area (TPSA) is 776 Å². The zero-order valence-corrected chi connectivity index (χ0v) is 80.9. The van der Waals surface area contributed by atoms with Crippen LogP contribution in [0.2, 0.25) is 0 Å². The third-order valence-corrected chi connectivity index (χ3v) is 23.9. The number of imidazole rings is 1. The molecular weight excluding hydrogens is 1850 g/mol. The van der Waals surface area contributed by atoms with Gasteiger partial charge < -0.3 is 138 Å². The maximum absolute atomic E-state index is 14.7. The van der Waals surface area contributed by atoms with Gasteiger partial charge in [-0.25, -0.2) is 4.98 Å². The Kier molecular flexibility index (Phi) is 46.6. The minimum Gasteiger partial charge on any atom is -0.370 e. The maximum Gasteiger partial charge on any atom is 0.246 e. The zero-order chi connectivity index (χ0) is 103. The number of hydrogen-bond donors (Lipinski definition) is 25. The second-order valence-electron chi connectivity index (χ2n) is 35.4. The lowest BCUT2D eigenvalue weighted by Crippen LogP contribution is -2.60. The molecule has 3 aromatic rings. The Balaban J connectivity index is 1.12. The van der Waals surface area contributed by atoms with Gasteiger partial charge in [-0.15, -0.1) is 0 Å². The van der Waals surface area contributed by atoms with Crippen molar-refractivity contribution in [1.29, 1.82) is 5.41 Å². The number of likely N-dealkylation sites (tertiary alicyclic amines) is 3. The molecule has 3 fully saturated rings. The lowest BCUT2D eigenvalue weighted by molar-refractivity contribution is -0.150. The molecule has 5 heterocycles. The van der Waals surface area contributed by atoms with Crippen LogP contribution >= 0.6 is 24.4 Å². The van der Waals surface area contributed by atoms with Crippen molar-refractivity contribution in [2.24, 2.45) is 46.4 Å². The van der Waals surface area contributed by atoms with Crippen molar-refractivity contribution in [3.8, 4) is 0 Å². The number of hydrogen-bond acceptors (Lipinski definition) is 26. The molecule has 0 unspecified atom stereocenters. The van der Waals surface area contributed by atoms with E-state index in [0.29, 0.717) is 47.2 Å². The molecule has 3 saturated heterocycles. The molecule has 2 aromatic heterocycles. The normalized spacial score (nSPS) is 16.8. The van der Waals surface area contributed by atoms with Crippen LogP contribution in [-0.4, -0.2) is 320 Å². The fraction of sp³-hybridized carbons (Fsp3) is 0.609. The van der Waals surface area contributed by atoms with E-state index in [4.69, 9.17) is 34.1 Å².